The summed E-state index contributed by atoms with van der Waals surface area (Å²) in [4.78, 5) is 24.7. The first kappa shape index (κ1) is 16.4. The number of anilines is 1. The number of nitrogens with two attached hydrogens (primary N) is 1. The van der Waals surface area contributed by atoms with E-state index >= 15 is 0 Å². The maximum Gasteiger partial charge on any atom is 0.231 e. The highest BCUT2D eigenvalue weighted by Crippen LogP contribution is 2.36. The second-order valence-corrected chi connectivity index (χ2v) is 6.32. The van der Waals surface area contributed by atoms with Crippen LogP contribution in [0.1, 0.15) is 24.6 Å². The molecule has 2 heterocycles. The predicted molar refractivity (Wildman–Crippen MR) is 94.5 cm³/mol. The maximum absolute atomic E-state index is 11.4. The van der Waals surface area contributed by atoms with Crippen LogP contribution in [-0.4, -0.2) is 48.0 Å². The zero-order valence-corrected chi connectivity index (χ0v) is 14.1. The van der Waals surface area contributed by atoms with Crippen molar-refractivity contribution in [2.24, 2.45) is 5.73 Å². The molecule has 6 nitrogen and oxygen atoms in total. The molecule has 2 N–H and O–H groups in total. The molecule has 1 aromatic carbocycles. The third-order valence-corrected chi connectivity index (χ3v) is 4.33. The van der Waals surface area contributed by atoms with E-state index in [1.54, 1.807) is 0 Å². The van der Waals surface area contributed by atoms with Gasteiger partial charge in [0.05, 0.1) is 18.3 Å². The number of benzene rings is 1. The number of likely N-dealkylation sites (tertiary alicyclic amines) is 1. The lowest BCUT2D eigenvalue weighted by molar-refractivity contribution is -0.119. The first-order chi connectivity index (χ1) is 11.6. The van der Waals surface area contributed by atoms with Crippen LogP contribution in [0.3, 0.4) is 0 Å². The Labute approximate surface area is 142 Å². The normalized spacial score (nSPS) is 17.8. The smallest absolute Gasteiger partial charge is 0.231 e. The fourth-order valence-corrected chi connectivity index (χ4v) is 3.22. The van der Waals surface area contributed by atoms with E-state index < -0.39 is 0 Å². The summed E-state index contributed by atoms with van der Waals surface area (Å²) in [6.45, 7) is 1.13. The molecule has 3 rings (SSSR count). The number of nitrogens with zero attached hydrogens (tertiary/aromatic N) is 4. The first-order valence-electron chi connectivity index (χ1n) is 8.18. The lowest BCUT2D eigenvalue weighted by Crippen LogP contribution is -2.34. The Morgan fingerprint density at radius 3 is 2.75 bits per heavy atom. The second kappa shape index (κ2) is 6.97. The van der Waals surface area contributed by atoms with Crippen molar-refractivity contribution < 1.29 is 4.79 Å². The number of amides is 1. The summed E-state index contributed by atoms with van der Waals surface area (Å²) in [5.41, 5.74) is 8.49. The average molecular weight is 325 g/mol. The van der Waals surface area contributed by atoms with Gasteiger partial charge in [0.1, 0.15) is 0 Å². The Kier molecular flexibility index (Phi) is 4.76. The van der Waals surface area contributed by atoms with E-state index in [2.05, 4.69) is 22.0 Å². The lowest BCUT2D eigenvalue weighted by Gasteiger charge is -2.25. The summed E-state index contributed by atoms with van der Waals surface area (Å²) in [6, 6.07) is 10.2. The number of carbonyl (C=O) groups is 1. The fraction of sp³-hybridized carbons (Fsp3) is 0.389. The predicted octanol–water partition coefficient (Wildman–Crippen LogP) is 1.83. The monoisotopic (exact) mass is 325 g/mol. The Morgan fingerprint density at radius 1 is 1.33 bits per heavy atom. The summed E-state index contributed by atoms with van der Waals surface area (Å²) < 4.78 is 0. The molecule has 1 amide bonds. The molecular weight excluding hydrogens is 302 g/mol. The molecule has 6 heteroatoms. The van der Waals surface area contributed by atoms with E-state index in [-0.39, 0.29) is 18.5 Å². The van der Waals surface area contributed by atoms with Gasteiger partial charge in [0.15, 0.2) is 0 Å². The highest BCUT2D eigenvalue weighted by molar-refractivity contribution is 5.76. The molecule has 0 spiro atoms. The van der Waals surface area contributed by atoms with Crippen LogP contribution in [0.25, 0.3) is 11.1 Å². The molecule has 1 atom stereocenters. The Balaban J connectivity index is 2.06. The van der Waals surface area contributed by atoms with Gasteiger partial charge >= 0.3 is 0 Å². The van der Waals surface area contributed by atoms with Crippen LogP contribution in [0.5, 0.6) is 0 Å². The van der Waals surface area contributed by atoms with Gasteiger partial charge < -0.3 is 10.6 Å². The number of primary amides is 1. The van der Waals surface area contributed by atoms with Crippen LogP contribution in [-0.2, 0) is 4.79 Å². The van der Waals surface area contributed by atoms with Crippen molar-refractivity contribution in [3.05, 3.63) is 42.2 Å². The van der Waals surface area contributed by atoms with E-state index in [9.17, 15) is 4.79 Å². The van der Waals surface area contributed by atoms with Crippen LogP contribution in [0.4, 0.5) is 5.95 Å². The van der Waals surface area contributed by atoms with E-state index in [1.165, 1.54) is 0 Å². The lowest BCUT2D eigenvalue weighted by atomic mass is 10.00. The van der Waals surface area contributed by atoms with Crippen molar-refractivity contribution in [3.8, 4) is 11.1 Å². The zero-order valence-electron chi connectivity index (χ0n) is 14.1. The Bertz CT molecular complexity index is 717. The summed E-state index contributed by atoms with van der Waals surface area (Å²) in [6.07, 6.45) is 3.89. The molecule has 1 aromatic heterocycles. The molecule has 0 saturated carbocycles. The first-order valence-corrected chi connectivity index (χ1v) is 8.18. The van der Waals surface area contributed by atoms with Gasteiger partial charge in [0.2, 0.25) is 11.9 Å². The topological polar surface area (TPSA) is 75.3 Å². The number of hydrogen-bond acceptors (Lipinski definition) is 5. The molecule has 126 valence electrons. The molecule has 1 aliphatic rings. The Hall–Kier alpha value is -2.47. The Morgan fingerprint density at radius 2 is 2.08 bits per heavy atom. The van der Waals surface area contributed by atoms with Gasteiger partial charge in [-0.25, -0.2) is 9.97 Å². The van der Waals surface area contributed by atoms with Crippen molar-refractivity contribution in [2.75, 3.05) is 32.1 Å². The molecule has 0 aliphatic carbocycles. The van der Waals surface area contributed by atoms with Crippen molar-refractivity contribution in [1.29, 1.82) is 0 Å². The van der Waals surface area contributed by atoms with Gasteiger partial charge in [-0.3, -0.25) is 9.69 Å². The molecule has 1 fully saturated rings. The van der Waals surface area contributed by atoms with Crippen molar-refractivity contribution in [1.82, 2.24) is 14.9 Å². The number of carbonyl (C=O) groups excluding carboxylic acids is 1. The van der Waals surface area contributed by atoms with Gasteiger partial charge in [0, 0.05) is 25.9 Å². The SMILES string of the molecule is CN(C)c1ncc(-c2ccccc2)c([C@@H]2CCCN2CC(N)=O)n1. The van der Waals surface area contributed by atoms with Crippen molar-refractivity contribution >= 4 is 11.9 Å². The summed E-state index contributed by atoms with van der Waals surface area (Å²) in [7, 11) is 3.86. The molecule has 0 radical (unpaired) electrons. The van der Waals surface area contributed by atoms with Gasteiger partial charge in [-0.05, 0) is 24.9 Å². The van der Waals surface area contributed by atoms with Crippen molar-refractivity contribution in [2.45, 2.75) is 18.9 Å². The largest absolute Gasteiger partial charge is 0.369 e. The van der Waals surface area contributed by atoms with Crippen LogP contribution in [0.15, 0.2) is 36.5 Å². The molecular formula is C18H23N5O. The second-order valence-electron chi connectivity index (χ2n) is 6.32. The minimum atomic E-state index is -0.301. The maximum atomic E-state index is 11.4. The fourth-order valence-electron chi connectivity index (χ4n) is 3.22. The molecule has 2 aromatic rings. The van der Waals surface area contributed by atoms with Crippen LogP contribution >= 0.6 is 0 Å². The van der Waals surface area contributed by atoms with Gasteiger partial charge in [-0.2, -0.15) is 0 Å². The van der Waals surface area contributed by atoms with Crippen LogP contribution in [0.2, 0.25) is 0 Å². The third-order valence-electron chi connectivity index (χ3n) is 4.33. The highest BCUT2D eigenvalue weighted by atomic mass is 16.1. The highest BCUT2D eigenvalue weighted by Gasteiger charge is 2.30. The van der Waals surface area contributed by atoms with E-state index in [0.717, 1.165) is 36.2 Å². The molecule has 24 heavy (non-hydrogen) atoms. The molecule has 0 unspecified atom stereocenters. The van der Waals surface area contributed by atoms with E-state index in [4.69, 9.17) is 10.7 Å². The van der Waals surface area contributed by atoms with E-state index in [0.29, 0.717) is 5.95 Å². The molecule has 1 saturated heterocycles. The zero-order chi connectivity index (χ0) is 17.1. The third kappa shape index (κ3) is 3.38. The van der Waals surface area contributed by atoms with Crippen LogP contribution < -0.4 is 10.6 Å². The summed E-state index contributed by atoms with van der Waals surface area (Å²) in [5, 5.41) is 0. The van der Waals surface area contributed by atoms with E-state index in [1.807, 2.05) is 43.4 Å². The van der Waals surface area contributed by atoms with Gasteiger partial charge in [0.25, 0.3) is 0 Å². The number of rotatable bonds is 5. The molecule has 0 bridgehead atoms. The van der Waals surface area contributed by atoms with Crippen molar-refractivity contribution in [3.63, 3.8) is 0 Å². The number of hydrogen-bond donors (Lipinski definition) is 1. The average Bonchev–Trinajstić information content (AvgIpc) is 3.02. The number of aromatic nitrogens is 2. The quantitative estimate of drug-likeness (QED) is 0.908. The summed E-state index contributed by atoms with van der Waals surface area (Å²) >= 11 is 0. The molecule has 1 aliphatic heterocycles. The van der Waals surface area contributed by atoms with Gasteiger partial charge in [-0.15, -0.1) is 0 Å². The minimum absolute atomic E-state index is 0.0920. The standard InChI is InChI=1S/C18H23N5O/c1-22(2)18-20-11-14(13-7-4-3-5-8-13)17(21-18)15-9-6-10-23(15)12-16(19)24/h3-5,7-8,11,15H,6,9-10,12H2,1-2H3,(H2,19,24)/t15-/m0/s1. The summed E-state index contributed by atoms with van der Waals surface area (Å²) in [5.74, 6) is 0.376. The van der Waals surface area contributed by atoms with Gasteiger partial charge in [-0.1, -0.05) is 30.3 Å². The minimum Gasteiger partial charge on any atom is -0.369 e. The van der Waals surface area contributed by atoms with Crippen LogP contribution in [0, 0.1) is 0 Å².